The standard InChI is InChI=1S/C19H15BrN4OS3/c1-2-14(16(25)24-19-21-7-8-26-19)28-18-15-13(9-27-17(15)22-10-23-18)11-3-5-12(20)6-4-11/h3-10,14H,2H2,1H3,(H,21,24,25). The molecule has 0 aliphatic rings. The number of carbonyl (C=O) groups excluding carboxylic acids is 1. The topological polar surface area (TPSA) is 67.8 Å². The molecule has 28 heavy (non-hydrogen) atoms. The van der Waals surface area contributed by atoms with Crippen LogP contribution >= 0.6 is 50.4 Å². The summed E-state index contributed by atoms with van der Waals surface area (Å²) >= 11 is 7.96. The maximum absolute atomic E-state index is 12.7. The van der Waals surface area contributed by atoms with Crippen molar-refractivity contribution in [3.05, 3.63) is 52.0 Å². The van der Waals surface area contributed by atoms with Crippen LogP contribution in [0.4, 0.5) is 5.13 Å². The molecule has 3 heterocycles. The highest BCUT2D eigenvalue weighted by atomic mass is 79.9. The Labute approximate surface area is 182 Å². The van der Waals surface area contributed by atoms with E-state index in [1.54, 1.807) is 23.9 Å². The van der Waals surface area contributed by atoms with Gasteiger partial charge in [0.05, 0.1) is 10.6 Å². The summed E-state index contributed by atoms with van der Waals surface area (Å²) in [7, 11) is 0. The van der Waals surface area contributed by atoms with Crippen LogP contribution in [0.1, 0.15) is 13.3 Å². The molecule has 0 fully saturated rings. The third-order valence-electron chi connectivity index (χ3n) is 4.07. The van der Waals surface area contributed by atoms with Crippen LogP contribution in [0.15, 0.2) is 57.0 Å². The predicted octanol–water partition coefficient (Wildman–Crippen LogP) is 6.09. The number of benzene rings is 1. The van der Waals surface area contributed by atoms with Crippen molar-refractivity contribution in [1.29, 1.82) is 0 Å². The molecule has 142 valence electrons. The lowest BCUT2D eigenvalue weighted by atomic mass is 10.1. The molecule has 0 aliphatic carbocycles. The van der Waals surface area contributed by atoms with Crippen LogP contribution in [0.25, 0.3) is 21.3 Å². The maximum Gasteiger partial charge on any atom is 0.239 e. The minimum absolute atomic E-state index is 0.0605. The first-order chi connectivity index (χ1) is 13.7. The van der Waals surface area contributed by atoms with E-state index in [0.29, 0.717) is 11.6 Å². The van der Waals surface area contributed by atoms with E-state index >= 15 is 0 Å². The number of aromatic nitrogens is 3. The van der Waals surface area contributed by atoms with E-state index < -0.39 is 0 Å². The Balaban J connectivity index is 1.67. The number of anilines is 1. The molecule has 0 spiro atoms. The lowest BCUT2D eigenvalue weighted by Crippen LogP contribution is -2.24. The van der Waals surface area contributed by atoms with Gasteiger partial charge in [-0.05, 0) is 24.1 Å². The zero-order valence-electron chi connectivity index (χ0n) is 14.8. The molecule has 4 aromatic rings. The molecule has 0 saturated heterocycles. The minimum Gasteiger partial charge on any atom is -0.301 e. The van der Waals surface area contributed by atoms with E-state index in [9.17, 15) is 4.79 Å². The molecule has 5 nitrogen and oxygen atoms in total. The molecule has 0 saturated carbocycles. The zero-order chi connectivity index (χ0) is 19.5. The molecule has 1 amide bonds. The van der Waals surface area contributed by atoms with Gasteiger partial charge in [0.15, 0.2) is 5.13 Å². The monoisotopic (exact) mass is 490 g/mol. The molecule has 9 heteroatoms. The lowest BCUT2D eigenvalue weighted by Gasteiger charge is -2.14. The van der Waals surface area contributed by atoms with Crippen molar-refractivity contribution in [2.24, 2.45) is 0 Å². The number of thioether (sulfide) groups is 1. The highest BCUT2D eigenvalue weighted by Crippen LogP contribution is 2.39. The van der Waals surface area contributed by atoms with Crippen LogP contribution in [-0.2, 0) is 4.79 Å². The smallest absolute Gasteiger partial charge is 0.239 e. The van der Waals surface area contributed by atoms with Gasteiger partial charge in [0, 0.05) is 27.0 Å². The summed E-state index contributed by atoms with van der Waals surface area (Å²) < 4.78 is 1.03. The van der Waals surface area contributed by atoms with Crippen molar-refractivity contribution in [3.63, 3.8) is 0 Å². The molecule has 1 atom stereocenters. The number of rotatable bonds is 6. The molecule has 1 unspecified atom stereocenters. The largest absolute Gasteiger partial charge is 0.301 e. The highest BCUT2D eigenvalue weighted by Gasteiger charge is 2.22. The Morgan fingerprint density at radius 2 is 2.04 bits per heavy atom. The summed E-state index contributed by atoms with van der Waals surface area (Å²) in [4.78, 5) is 26.7. The second-order valence-corrected chi connectivity index (χ2v) is 9.72. The fraction of sp³-hybridized carbons (Fsp3) is 0.158. The molecule has 0 bridgehead atoms. The van der Waals surface area contributed by atoms with Gasteiger partial charge >= 0.3 is 0 Å². The Hall–Kier alpha value is -1.81. The fourth-order valence-electron chi connectivity index (χ4n) is 2.71. The van der Waals surface area contributed by atoms with Crippen LogP contribution in [0.2, 0.25) is 0 Å². The second-order valence-electron chi connectivity index (χ2n) is 5.86. The van der Waals surface area contributed by atoms with Crippen molar-refractivity contribution in [1.82, 2.24) is 15.0 Å². The van der Waals surface area contributed by atoms with Gasteiger partial charge in [-0.1, -0.05) is 46.7 Å². The Morgan fingerprint density at radius 1 is 1.21 bits per heavy atom. The number of carbonyl (C=O) groups is 1. The van der Waals surface area contributed by atoms with E-state index in [0.717, 1.165) is 30.8 Å². The van der Waals surface area contributed by atoms with Gasteiger partial charge in [0.25, 0.3) is 0 Å². The molecule has 4 rings (SSSR count). The number of hydrogen-bond acceptors (Lipinski definition) is 7. The minimum atomic E-state index is -0.264. The first-order valence-electron chi connectivity index (χ1n) is 8.51. The van der Waals surface area contributed by atoms with E-state index in [2.05, 4.69) is 53.7 Å². The van der Waals surface area contributed by atoms with Crippen molar-refractivity contribution < 1.29 is 4.79 Å². The van der Waals surface area contributed by atoms with Crippen molar-refractivity contribution in [2.45, 2.75) is 23.6 Å². The van der Waals surface area contributed by atoms with Gasteiger partial charge in [-0.2, -0.15) is 0 Å². The summed E-state index contributed by atoms with van der Waals surface area (Å²) in [5, 5.41) is 9.00. The number of amides is 1. The van der Waals surface area contributed by atoms with Gasteiger partial charge in [-0.3, -0.25) is 4.79 Å². The molecular weight excluding hydrogens is 476 g/mol. The van der Waals surface area contributed by atoms with Crippen LogP contribution in [0, 0.1) is 0 Å². The first-order valence-corrected chi connectivity index (χ1v) is 11.9. The van der Waals surface area contributed by atoms with Gasteiger partial charge in [-0.15, -0.1) is 22.7 Å². The van der Waals surface area contributed by atoms with Gasteiger partial charge in [0.2, 0.25) is 5.91 Å². The average Bonchev–Trinajstić information content (AvgIpc) is 3.36. The molecule has 0 radical (unpaired) electrons. The van der Waals surface area contributed by atoms with Crippen molar-refractivity contribution >= 4 is 71.6 Å². The van der Waals surface area contributed by atoms with Crippen LogP contribution in [0.3, 0.4) is 0 Å². The third-order valence-corrected chi connectivity index (χ3v) is 7.54. The van der Waals surface area contributed by atoms with Gasteiger partial charge in [0.1, 0.15) is 16.2 Å². The zero-order valence-corrected chi connectivity index (χ0v) is 18.8. The number of hydrogen-bond donors (Lipinski definition) is 1. The van der Waals surface area contributed by atoms with Crippen LogP contribution in [-0.4, -0.2) is 26.1 Å². The molecular formula is C19H15BrN4OS3. The Morgan fingerprint density at radius 3 is 2.75 bits per heavy atom. The summed E-state index contributed by atoms with van der Waals surface area (Å²) in [6.45, 7) is 2.00. The molecule has 1 N–H and O–H groups in total. The average molecular weight is 491 g/mol. The summed E-state index contributed by atoms with van der Waals surface area (Å²) in [5.41, 5.74) is 2.19. The summed E-state index contributed by atoms with van der Waals surface area (Å²) in [6.07, 6.45) is 3.93. The third kappa shape index (κ3) is 4.12. The molecule has 1 aromatic carbocycles. The van der Waals surface area contributed by atoms with E-state index in [4.69, 9.17) is 0 Å². The fourth-order valence-corrected chi connectivity index (χ4v) is 5.52. The number of thiazole rings is 1. The van der Waals surface area contributed by atoms with Gasteiger partial charge in [-0.25, -0.2) is 15.0 Å². The second kappa shape index (κ2) is 8.69. The van der Waals surface area contributed by atoms with E-state index in [-0.39, 0.29) is 11.2 Å². The highest BCUT2D eigenvalue weighted by molar-refractivity contribution is 9.10. The molecule has 0 aliphatic heterocycles. The SMILES string of the molecule is CCC(Sc1ncnc2scc(-c3ccc(Br)cc3)c12)C(=O)Nc1nccs1. The van der Waals surface area contributed by atoms with Gasteiger partial charge < -0.3 is 5.32 Å². The number of nitrogens with one attached hydrogen (secondary N) is 1. The number of thiophene rings is 1. The first kappa shape index (κ1) is 19.5. The van der Waals surface area contributed by atoms with E-state index in [1.807, 2.05) is 24.4 Å². The van der Waals surface area contributed by atoms with Crippen LogP contribution < -0.4 is 5.32 Å². The number of fused-ring (bicyclic) bond motifs is 1. The Kier molecular flexibility index (Phi) is 6.05. The quantitative estimate of drug-likeness (QED) is 0.261. The number of halogens is 1. The number of nitrogens with zero attached hydrogens (tertiary/aromatic N) is 3. The van der Waals surface area contributed by atoms with Crippen molar-refractivity contribution in [3.8, 4) is 11.1 Å². The Bertz CT molecular complexity index is 1100. The summed E-state index contributed by atoms with van der Waals surface area (Å²) in [5.74, 6) is -0.0605. The van der Waals surface area contributed by atoms with Crippen molar-refractivity contribution in [2.75, 3.05) is 5.32 Å². The lowest BCUT2D eigenvalue weighted by molar-refractivity contribution is -0.115. The molecule has 3 aromatic heterocycles. The maximum atomic E-state index is 12.7. The van der Waals surface area contributed by atoms with E-state index in [1.165, 1.54) is 23.1 Å². The normalized spacial score (nSPS) is 12.2. The van der Waals surface area contributed by atoms with Crippen LogP contribution in [0.5, 0.6) is 0 Å². The summed E-state index contributed by atoms with van der Waals surface area (Å²) in [6, 6.07) is 8.18. The predicted molar refractivity (Wildman–Crippen MR) is 121 cm³/mol.